The van der Waals surface area contributed by atoms with Gasteiger partial charge in [0.25, 0.3) is 5.91 Å². The van der Waals surface area contributed by atoms with E-state index < -0.39 is 0 Å². The van der Waals surface area contributed by atoms with Gasteiger partial charge in [0.15, 0.2) is 5.13 Å². The van der Waals surface area contributed by atoms with E-state index >= 15 is 0 Å². The molecule has 1 atom stereocenters. The summed E-state index contributed by atoms with van der Waals surface area (Å²) in [6.07, 6.45) is 2.00. The van der Waals surface area contributed by atoms with E-state index in [4.69, 9.17) is 0 Å². The van der Waals surface area contributed by atoms with Crippen LogP contribution < -0.4 is 5.32 Å². The lowest BCUT2D eigenvalue weighted by Gasteiger charge is -2.34. The number of thiazole rings is 1. The molecule has 0 radical (unpaired) electrons. The molecule has 1 amide bonds. The Hall–Kier alpha value is -1.92. The van der Waals surface area contributed by atoms with Crippen LogP contribution >= 0.6 is 11.3 Å². The zero-order chi connectivity index (χ0) is 16.9. The van der Waals surface area contributed by atoms with E-state index in [0.717, 1.165) is 23.5 Å². The summed E-state index contributed by atoms with van der Waals surface area (Å²) in [6.45, 7) is 1.36. The lowest BCUT2D eigenvalue weighted by Crippen LogP contribution is -2.41. The maximum Gasteiger partial charge on any atom is 0.273 e. The van der Waals surface area contributed by atoms with Gasteiger partial charge in [-0.1, -0.05) is 30.3 Å². The fraction of sp³-hybridized carbons (Fsp3) is 0.444. The molecule has 2 aromatic rings. The maximum atomic E-state index is 12.5. The third-order valence-corrected chi connectivity index (χ3v) is 5.46. The van der Waals surface area contributed by atoms with Crippen molar-refractivity contribution in [1.82, 2.24) is 9.88 Å². The Morgan fingerprint density at radius 3 is 2.71 bits per heavy atom. The molecule has 1 fully saturated rings. The van der Waals surface area contributed by atoms with Crippen LogP contribution in [0.15, 0.2) is 35.7 Å². The number of hydrogen-bond donors (Lipinski definition) is 2. The van der Waals surface area contributed by atoms with Gasteiger partial charge < -0.3 is 15.3 Å². The first kappa shape index (κ1) is 16.9. The number of aliphatic hydroxyl groups excluding tert-OH is 1. The Bertz CT molecular complexity index is 666. The molecule has 5 nitrogen and oxygen atoms in total. The molecule has 2 N–H and O–H groups in total. The molecular weight excluding hydrogens is 322 g/mol. The molecule has 0 aliphatic carbocycles. The van der Waals surface area contributed by atoms with Gasteiger partial charge in [0, 0.05) is 25.5 Å². The Morgan fingerprint density at radius 1 is 1.38 bits per heavy atom. The minimum atomic E-state index is -0.347. The third kappa shape index (κ3) is 3.94. The molecule has 1 aliphatic heterocycles. The van der Waals surface area contributed by atoms with E-state index in [1.807, 2.05) is 35.2 Å². The van der Waals surface area contributed by atoms with Crippen molar-refractivity contribution < 1.29 is 9.90 Å². The highest BCUT2D eigenvalue weighted by atomic mass is 32.1. The number of benzene rings is 1. The van der Waals surface area contributed by atoms with Crippen molar-refractivity contribution in [2.75, 3.05) is 25.5 Å². The Morgan fingerprint density at radius 2 is 2.08 bits per heavy atom. The number of carbonyl (C=O) groups is 1. The molecule has 1 aromatic carbocycles. The SMILES string of the molecule is CNc1nc(C(=O)N2CCC(C(O)Cc3ccccc3)CC2)cs1. The van der Waals surface area contributed by atoms with Gasteiger partial charge in [-0.05, 0) is 30.7 Å². The average Bonchev–Trinajstić information content (AvgIpc) is 3.11. The normalized spacial score (nSPS) is 16.8. The summed E-state index contributed by atoms with van der Waals surface area (Å²) in [4.78, 5) is 18.6. The highest BCUT2D eigenvalue weighted by Crippen LogP contribution is 2.25. The zero-order valence-corrected chi connectivity index (χ0v) is 14.6. The topological polar surface area (TPSA) is 65.5 Å². The Labute approximate surface area is 146 Å². The van der Waals surface area contributed by atoms with Crippen molar-refractivity contribution in [2.24, 2.45) is 5.92 Å². The molecule has 2 heterocycles. The summed E-state index contributed by atoms with van der Waals surface area (Å²) in [6, 6.07) is 10.1. The fourth-order valence-electron chi connectivity index (χ4n) is 3.16. The predicted octanol–water partition coefficient (Wildman–Crippen LogP) is 2.64. The van der Waals surface area contributed by atoms with Crippen LogP contribution in [0.4, 0.5) is 5.13 Å². The number of amides is 1. The first-order valence-electron chi connectivity index (χ1n) is 8.32. The number of nitrogens with zero attached hydrogens (tertiary/aromatic N) is 2. The third-order valence-electron chi connectivity index (χ3n) is 4.60. The highest BCUT2D eigenvalue weighted by Gasteiger charge is 2.28. The van der Waals surface area contributed by atoms with Crippen molar-refractivity contribution in [3.8, 4) is 0 Å². The number of aliphatic hydroxyl groups is 1. The molecule has 0 saturated carbocycles. The van der Waals surface area contributed by atoms with Crippen molar-refractivity contribution in [3.05, 3.63) is 47.0 Å². The van der Waals surface area contributed by atoms with E-state index in [1.165, 1.54) is 11.3 Å². The smallest absolute Gasteiger partial charge is 0.273 e. The molecule has 0 spiro atoms. The van der Waals surface area contributed by atoms with Crippen molar-refractivity contribution in [1.29, 1.82) is 0 Å². The van der Waals surface area contributed by atoms with Gasteiger partial charge in [-0.15, -0.1) is 11.3 Å². The van der Waals surface area contributed by atoms with Gasteiger partial charge >= 0.3 is 0 Å². The second-order valence-corrected chi connectivity index (χ2v) is 7.03. The van der Waals surface area contributed by atoms with Crippen LogP contribution in [0.1, 0.15) is 28.9 Å². The fourth-order valence-corrected chi connectivity index (χ4v) is 3.80. The van der Waals surface area contributed by atoms with Crippen LogP contribution in [-0.2, 0) is 6.42 Å². The molecule has 1 aliphatic rings. The molecule has 1 aromatic heterocycles. The summed E-state index contributed by atoms with van der Waals surface area (Å²) >= 11 is 1.44. The van der Waals surface area contributed by atoms with Gasteiger partial charge in [-0.25, -0.2) is 4.98 Å². The van der Waals surface area contributed by atoms with Crippen molar-refractivity contribution >= 4 is 22.4 Å². The largest absolute Gasteiger partial charge is 0.392 e. The molecule has 1 unspecified atom stereocenters. The van der Waals surface area contributed by atoms with Gasteiger partial charge in [-0.3, -0.25) is 4.79 Å². The molecule has 24 heavy (non-hydrogen) atoms. The molecule has 3 rings (SSSR count). The first-order valence-corrected chi connectivity index (χ1v) is 9.20. The van der Waals surface area contributed by atoms with Crippen LogP contribution in [0.5, 0.6) is 0 Å². The van der Waals surface area contributed by atoms with Gasteiger partial charge in [-0.2, -0.15) is 0 Å². The van der Waals surface area contributed by atoms with Crippen LogP contribution in [0.3, 0.4) is 0 Å². The number of rotatable bonds is 5. The van der Waals surface area contributed by atoms with Crippen molar-refractivity contribution in [3.63, 3.8) is 0 Å². The maximum absolute atomic E-state index is 12.5. The Kier molecular flexibility index (Phi) is 5.48. The number of nitrogens with one attached hydrogen (secondary N) is 1. The zero-order valence-electron chi connectivity index (χ0n) is 13.8. The molecule has 0 bridgehead atoms. The van der Waals surface area contributed by atoms with E-state index in [0.29, 0.717) is 25.2 Å². The molecule has 6 heteroatoms. The lowest BCUT2D eigenvalue weighted by molar-refractivity contribution is 0.0464. The summed E-state index contributed by atoms with van der Waals surface area (Å²) in [5, 5.41) is 16.0. The lowest BCUT2D eigenvalue weighted by atomic mass is 9.88. The number of piperidine rings is 1. The van der Waals surface area contributed by atoms with Gasteiger partial charge in [0.1, 0.15) is 5.69 Å². The minimum absolute atomic E-state index is 0.0104. The quantitative estimate of drug-likeness (QED) is 0.874. The molecular formula is C18H23N3O2S. The number of carbonyl (C=O) groups excluding carboxylic acids is 1. The van der Waals surface area contributed by atoms with E-state index in [-0.39, 0.29) is 17.9 Å². The minimum Gasteiger partial charge on any atom is -0.392 e. The molecule has 128 valence electrons. The summed E-state index contributed by atoms with van der Waals surface area (Å²) in [5.74, 6) is 0.237. The average molecular weight is 345 g/mol. The highest BCUT2D eigenvalue weighted by molar-refractivity contribution is 7.13. The van der Waals surface area contributed by atoms with Crippen LogP contribution in [-0.4, -0.2) is 47.1 Å². The number of likely N-dealkylation sites (tertiary alicyclic amines) is 1. The number of anilines is 1. The Balaban J connectivity index is 1.52. The summed E-state index contributed by atoms with van der Waals surface area (Å²) in [5.41, 5.74) is 1.67. The van der Waals surface area contributed by atoms with Crippen LogP contribution in [0.25, 0.3) is 0 Å². The predicted molar refractivity (Wildman–Crippen MR) is 96.4 cm³/mol. The van der Waals surface area contributed by atoms with E-state index in [2.05, 4.69) is 10.3 Å². The summed E-state index contributed by atoms with van der Waals surface area (Å²) < 4.78 is 0. The van der Waals surface area contributed by atoms with Gasteiger partial charge in [0.05, 0.1) is 6.10 Å². The second-order valence-electron chi connectivity index (χ2n) is 6.17. The molecule has 1 saturated heterocycles. The monoisotopic (exact) mass is 345 g/mol. The second kappa shape index (κ2) is 7.77. The van der Waals surface area contributed by atoms with Crippen LogP contribution in [0, 0.1) is 5.92 Å². The van der Waals surface area contributed by atoms with Gasteiger partial charge in [0.2, 0.25) is 0 Å². The van der Waals surface area contributed by atoms with E-state index in [1.54, 1.807) is 12.4 Å². The summed E-state index contributed by atoms with van der Waals surface area (Å²) in [7, 11) is 1.80. The first-order chi connectivity index (χ1) is 11.7. The number of hydrogen-bond acceptors (Lipinski definition) is 5. The van der Waals surface area contributed by atoms with Crippen LogP contribution in [0.2, 0.25) is 0 Å². The van der Waals surface area contributed by atoms with Crippen molar-refractivity contribution in [2.45, 2.75) is 25.4 Å². The standard InChI is InChI=1S/C18H23N3O2S/c1-19-18-20-15(12-24-18)17(23)21-9-7-14(8-10-21)16(22)11-13-5-3-2-4-6-13/h2-6,12,14,16,22H,7-11H2,1H3,(H,19,20). The number of aromatic nitrogens is 1. The van der Waals surface area contributed by atoms with E-state index in [9.17, 15) is 9.90 Å².